The van der Waals surface area contributed by atoms with Gasteiger partial charge in [0.2, 0.25) is 0 Å². The molecule has 1 rings (SSSR count). The number of methoxy groups -OCH3 is 1. The molecule has 0 aliphatic heterocycles. The lowest BCUT2D eigenvalue weighted by Crippen LogP contribution is -2.16. The topological polar surface area (TPSA) is 55.8 Å². The molecule has 0 spiro atoms. The third kappa shape index (κ3) is 5.01. The van der Waals surface area contributed by atoms with Crippen molar-refractivity contribution in [2.45, 2.75) is 25.6 Å². The zero-order valence-electron chi connectivity index (χ0n) is 10.5. The molecule has 18 heavy (non-hydrogen) atoms. The van der Waals surface area contributed by atoms with E-state index < -0.39 is 5.97 Å². The summed E-state index contributed by atoms with van der Waals surface area (Å²) in [7, 11) is 1.61. The van der Waals surface area contributed by atoms with Crippen molar-refractivity contribution >= 4 is 5.97 Å². The monoisotopic (exact) mass is 250 g/mol. The van der Waals surface area contributed by atoms with Gasteiger partial charge in [-0.25, -0.2) is 0 Å². The van der Waals surface area contributed by atoms with Crippen molar-refractivity contribution in [2.24, 2.45) is 0 Å². The summed E-state index contributed by atoms with van der Waals surface area (Å²) in [6.07, 6.45) is 1.86. The average Bonchev–Trinajstić information content (AvgIpc) is 2.36. The first kappa shape index (κ1) is 14.3. The molecule has 0 bridgehead atoms. The van der Waals surface area contributed by atoms with Crippen LogP contribution < -0.4 is 4.74 Å². The van der Waals surface area contributed by atoms with Crippen molar-refractivity contribution in [2.75, 3.05) is 7.11 Å². The highest BCUT2D eigenvalue weighted by Gasteiger charge is 2.12. The fourth-order valence-corrected chi connectivity index (χ4v) is 1.53. The maximum Gasteiger partial charge on any atom is 0.305 e. The Labute approximate surface area is 107 Å². The van der Waals surface area contributed by atoms with Crippen LogP contribution in [0.4, 0.5) is 0 Å². The van der Waals surface area contributed by atoms with E-state index in [9.17, 15) is 4.79 Å². The summed E-state index contributed by atoms with van der Waals surface area (Å²) in [6, 6.07) is 7.48. The second kappa shape index (κ2) is 7.50. The number of carboxylic acid groups (broad SMARTS) is 1. The standard InChI is InChI=1S/C14H18O4/c1-3-4-13(9-14(15)16)18-10-11-5-7-12(17-2)8-6-11/h3,5-8,13H,1,4,9-10H2,2H3,(H,15,16)/t13-/m1/s1. The van der Waals surface area contributed by atoms with E-state index in [1.165, 1.54) is 0 Å². The molecule has 0 saturated carbocycles. The minimum absolute atomic E-state index is 0.0117. The van der Waals surface area contributed by atoms with Gasteiger partial charge in [-0.15, -0.1) is 6.58 Å². The van der Waals surface area contributed by atoms with Crippen LogP contribution in [0.15, 0.2) is 36.9 Å². The molecule has 0 aromatic heterocycles. The summed E-state index contributed by atoms with van der Waals surface area (Å²) < 4.78 is 10.6. The molecule has 1 N–H and O–H groups in total. The van der Waals surface area contributed by atoms with Crippen LogP contribution in [0.25, 0.3) is 0 Å². The first-order chi connectivity index (χ1) is 8.65. The largest absolute Gasteiger partial charge is 0.497 e. The molecule has 1 atom stereocenters. The van der Waals surface area contributed by atoms with Crippen LogP contribution in [0, 0.1) is 0 Å². The van der Waals surface area contributed by atoms with Gasteiger partial charge in [0.25, 0.3) is 0 Å². The first-order valence-electron chi connectivity index (χ1n) is 5.73. The van der Waals surface area contributed by atoms with Crippen molar-refractivity contribution in [1.82, 2.24) is 0 Å². The predicted molar refractivity (Wildman–Crippen MR) is 68.6 cm³/mol. The summed E-state index contributed by atoms with van der Waals surface area (Å²) in [5.41, 5.74) is 0.982. The Morgan fingerprint density at radius 2 is 2.11 bits per heavy atom. The third-order valence-electron chi connectivity index (χ3n) is 2.48. The van der Waals surface area contributed by atoms with Crippen LogP contribution >= 0.6 is 0 Å². The predicted octanol–water partition coefficient (Wildman–Crippen LogP) is 2.63. The molecule has 0 aliphatic rings. The molecule has 0 saturated heterocycles. The number of aliphatic carboxylic acids is 1. The quantitative estimate of drug-likeness (QED) is 0.720. The lowest BCUT2D eigenvalue weighted by molar-refractivity contribution is -0.140. The van der Waals surface area contributed by atoms with Gasteiger partial charge < -0.3 is 14.6 Å². The molecule has 4 nitrogen and oxygen atoms in total. The number of carbonyl (C=O) groups is 1. The molecule has 0 amide bonds. The van der Waals surface area contributed by atoms with E-state index in [1.54, 1.807) is 13.2 Å². The Kier molecular flexibility index (Phi) is 5.94. The van der Waals surface area contributed by atoms with Crippen molar-refractivity contribution in [3.05, 3.63) is 42.5 Å². The lowest BCUT2D eigenvalue weighted by Gasteiger charge is -2.14. The number of hydrogen-bond donors (Lipinski definition) is 1. The summed E-state index contributed by atoms with van der Waals surface area (Å²) in [4.78, 5) is 10.6. The molecule has 1 aromatic rings. The fraction of sp³-hybridized carbons (Fsp3) is 0.357. The molecule has 0 aliphatic carbocycles. The Bertz CT molecular complexity index is 383. The normalized spacial score (nSPS) is 11.8. The lowest BCUT2D eigenvalue weighted by atomic mass is 10.2. The highest BCUT2D eigenvalue weighted by Crippen LogP contribution is 2.14. The van der Waals surface area contributed by atoms with Crippen LogP contribution in [0.3, 0.4) is 0 Å². The van der Waals surface area contributed by atoms with Gasteiger partial charge in [-0.05, 0) is 24.1 Å². The third-order valence-corrected chi connectivity index (χ3v) is 2.48. The second-order valence-corrected chi connectivity index (χ2v) is 3.90. The summed E-state index contributed by atoms with van der Waals surface area (Å²) >= 11 is 0. The maximum absolute atomic E-state index is 10.6. The summed E-state index contributed by atoms with van der Waals surface area (Å²) in [6.45, 7) is 3.98. The highest BCUT2D eigenvalue weighted by molar-refractivity contribution is 5.67. The molecule has 98 valence electrons. The van der Waals surface area contributed by atoms with Crippen LogP contribution in [-0.4, -0.2) is 24.3 Å². The molecule has 0 heterocycles. The van der Waals surface area contributed by atoms with E-state index >= 15 is 0 Å². The number of rotatable bonds is 8. The van der Waals surface area contributed by atoms with E-state index in [4.69, 9.17) is 14.6 Å². The van der Waals surface area contributed by atoms with E-state index in [2.05, 4.69) is 6.58 Å². The van der Waals surface area contributed by atoms with E-state index in [1.807, 2.05) is 24.3 Å². The molecular formula is C14H18O4. The zero-order valence-corrected chi connectivity index (χ0v) is 10.5. The van der Waals surface area contributed by atoms with Crippen LogP contribution in [-0.2, 0) is 16.1 Å². The van der Waals surface area contributed by atoms with Gasteiger partial charge >= 0.3 is 5.97 Å². The van der Waals surface area contributed by atoms with Gasteiger partial charge in [-0.2, -0.15) is 0 Å². The number of carboxylic acids is 1. The highest BCUT2D eigenvalue weighted by atomic mass is 16.5. The average molecular weight is 250 g/mol. The molecule has 0 fully saturated rings. The van der Waals surface area contributed by atoms with Gasteiger partial charge in [-0.3, -0.25) is 4.79 Å². The van der Waals surface area contributed by atoms with Gasteiger partial charge in [-0.1, -0.05) is 18.2 Å². The first-order valence-corrected chi connectivity index (χ1v) is 5.73. The van der Waals surface area contributed by atoms with Gasteiger partial charge in [0, 0.05) is 0 Å². The van der Waals surface area contributed by atoms with E-state index in [-0.39, 0.29) is 12.5 Å². The van der Waals surface area contributed by atoms with Crippen LogP contribution in [0.1, 0.15) is 18.4 Å². The Morgan fingerprint density at radius 3 is 2.61 bits per heavy atom. The van der Waals surface area contributed by atoms with Crippen molar-refractivity contribution in [3.8, 4) is 5.75 Å². The Hall–Kier alpha value is -1.81. The SMILES string of the molecule is C=CC[C@H](CC(=O)O)OCc1ccc(OC)cc1. The molecule has 0 radical (unpaired) electrons. The van der Waals surface area contributed by atoms with Crippen molar-refractivity contribution in [3.63, 3.8) is 0 Å². The minimum Gasteiger partial charge on any atom is -0.497 e. The van der Waals surface area contributed by atoms with Crippen molar-refractivity contribution in [1.29, 1.82) is 0 Å². The maximum atomic E-state index is 10.6. The molecule has 1 aromatic carbocycles. The van der Waals surface area contributed by atoms with Crippen LogP contribution in [0.5, 0.6) is 5.75 Å². The smallest absolute Gasteiger partial charge is 0.305 e. The summed E-state index contributed by atoms with van der Waals surface area (Å²) in [5.74, 6) is -0.0801. The number of ether oxygens (including phenoxy) is 2. The molecular weight excluding hydrogens is 232 g/mol. The molecule has 4 heteroatoms. The summed E-state index contributed by atoms with van der Waals surface area (Å²) in [5, 5.41) is 8.75. The fourth-order valence-electron chi connectivity index (χ4n) is 1.53. The molecule has 0 unspecified atom stereocenters. The number of hydrogen-bond acceptors (Lipinski definition) is 3. The van der Waals surface area contributed by atoms with Gasteiger partial charge in [0.1, 0.15) is 5.75 Å². The Balaban J connectivity index is 2.49. The van der Waals surface area contributed by atoms with Crippen LogP contribution in [0.2, 0.25) is 0 Å². The number of benzene rings is 1. The minimum atomic E-state index is -0.864. The van der Waals surface area contributed by atoms with E-state index in [0.717, 1.165) is 11.3 Å². The zero-order chi connectivity index (χ0) is 13.4. The van der Waals surface area contributed by atoms with Gasteiger partial charge in [0.15, 0.2) is 0 Å². The van der Waals surface area contributed by atoms with Gasteiger partial charge in [0.05, 0.1) is 26.2 Å². The second-order valence-electron chi connectivity index (χ2n) is 3.90. The Morgan fingerprint density at radius 1 is 1.44 bits per heavy atom. The van der Waals surface area contributed by atoms with Crippen molar-refractivity contribution < 1.29 is 19.4 Å². The van der Waals surface area contributed by atoms with E-state index in [0.29, 0.717) is 13.0 Å².